The summed E-state index contributed by atoms with van der Waals surface area (Å²) in [6.07, 6.45) is 4.06. The minimum atomic E-state index is -0.328. The Kier molecular flexibility index (Phi) is 11.3. The van der Waals surface area contributed by atoms with Gasteiger partial charge >= 0.3 is 5.97 Å². The third-order valence-electron chi connectivity index (χ3n) is 7.19. The predicted octanol–water partition coefficient (Wildman–Crippen LogP) is 3.99. The fraction of sp³-hybridized carbons (Fsp3) is 0.355. The molecule has 0 unspecified atom stereocenters. The van der Waals surface area contributed by atoms with Crippen molar-refractivity contribution in [3.05, 3.63) is 95.6 Å². The maximum atomic E-state index is 13.0. The first kappa shape index (κ1) is 29.7. The molecule has 6 N–H and O–H groups in total. The number of nitrogens with one attached hydrogen (secondary N) is 2. The molecule has 0 saturated heterocycles. The van der Waals surface area contributed by atoms with Crippen LogP contribution in [0.15, 0.2) is 78.9 Å². The number of carbonyl (C=O) groups is 2. The number of ether oxygens (including phenoxy) is 2. The Morgan fingerprint density at radius 3 is 2.21 bits per heavy atom. The van der Waals surface area contributed by atoms with E-state index in [4.69, 9.17) is 15.2 Å². The second-order valence-electron chi connectivity index (χ2n) is 9.50. The van der Waals surface area contributed by atoms with Gasteiger partial charge in [-0.3, -0.25) is 15.3 Å². The number of esters is 1. The van der Waals surface area contributed by atoms with Gasteiger partial charge in [0, 0.05) is 23.7 Å². The van der Waals surface area contributed by atoms with Gasteiger partial charge in [0.05, 0.1) is 19.1 Å². The number of carbonyl (C=O) groups excluding carboxylic acids is 2. The van der Waals surface area contributed by atoms with Crippen LogP contribution < -0.4 is 26.8 Å². The lowest BCUT2D eigenvalue weighted by Crippen LogP contribution is -2.45. The third-order valence-corrected chi connectivity index (χ3v) is 7.19. The molecule has 8 nitrogen and oxygen atoms in total. The molecule has 0 spiro atoms. The smallest absolute Gasteiger partial charge is 0.311 e. The van der Waals surface area contributed by atoms with Gasteiger partial charge in [-0.1, -0.05) is 54.6 Å². The normalized spacial score (nSPS) is 18.2. The van der Waals surface area contributed by atoms with E-state index in [-0.39, 0.29) is 30.4 Å². The van der Waals surface area contributed by atoms with Crippen LogP contribution in [0.3, 0.4) is 0 Å². The van der Waals surface area contributed by atoms with E-state index >= 15 is 0 Å². The lowest BCUT2D eigenvalue weighted by atomic mass is 9.68. The average Bonchev–Trinajstić information content (AvgIpc) is 2.99. The summed E-state index contributed by atoms with van der Waals surface area (Å²) in [5, 5.41) is 6.83. The predicted molar refractivity (Wildman–Crippen MR) is 155 cm³/mol. The summed E-state index contributed by atoms with van der Waals surface area (Å²) in [6.45, 7) is 0.461. The minimum absolute atomic E-state index is 0.102. The second-order valence-corrected chi connectivity index (χ2v) is 9.50. The Morgan fingerprint density at radius 2 is 1.56 bits per heavy atom. The molecule has 4 rings (SSSR count). The molecule has 0 radical (unpaired) electrons. The van der Waals surface area contributed by atoms with Crippen molar-refractivity contribution in [2.45, 2.75) is 43.6 Å². The first-order chi connectivity index (χ1) is 19.0. The fourth-order valence-electron chi connectivity index (χ4n) is 5.12. The number of benzene rings is 3. The van der Waals surface area contributed by atoms with Crippen molar-refractivity contribution in [3.63, 3.8) is 0 Å². The molecule has 0 aliphatic heterocycles. The molecule has 0 aromatic heterocycles. The first-order valence-corrected chi connectivity index (χ1v) is 13.3. The zero-order valence-electron chi connectivity index (χ0n) is 22.8. The van der Waals surface area contributed by atoms with Crippen molar-refractivity contribution in [1.82, 2.24) is 5.32 Å². The highest BCUT2D eigenvalue weighted by Gasteiger charge is 2.37. The monoisotopic (exact) mass is 532 g/mol. The second kappa shape index (κ2) is 14.9. The van der Waals surface area contributed by atoms with E-state index in [0.29, 0.717) is 23.9 Å². The number of hydrogen-bond acceptors (Lipinski definition) is 7. The molecular formula is C31H40N4O4. The van der Waals surface area contributed by atoms with Crippen molar-refractivity contribution in [1.29, 1.82) is 0 Å². The van der Waals surface area contributed by atoms with Crippen molar-refractivity contribution in [2.75, 3.05) is 32.7 Å². The average molecular weight is 533 g/mol. The number of methoxy groups -OCH3 is 1. The number of anilines is 1. The summed E-state index contributed by atoms with van der Waals surface area (Å²) < 4.78 is 10.2. The van der Waals surface area contributed by atoms with Gasteiger partial charge in [0.2, 0.25) is 0 Å². The largest absolute Gasteiger partial charge is 0.496 e. The van der Waals surface area contributed by atoms with Crippen LogP contribution >= 0.6 is 0 Å². The Hall–Kier alpha value is -3.88. The molecule has 0 bridgehead atoms. The summed E-state index contributed by atoms with van der Waals surface area (Å²) in [5.41, 5.74) is 13.3. The maximum Gasteiger partial charge on any atom is 0.311 e. The highest BCUT2D eigenvalue weighted by atomic mass is 16.5. The molecule has 39 heavy (non-hydrogen) atoms. The number of para-hydroxylation sites is 1. The van der Waals surface area contributed by atoms with E-state index in [1.807, 2.05) is 42.5 Å². The zero-order valence-corrected chi connectivity index (χ0v) is 22.8. The molecule has 1 amide bonds. The van der Waals surface area contributed by atoms with Crippen LogP contribution in [0.1, 0.15) is 47.2 Å². The third kappa shape index (κ3) is 8.05. The van der Waals surface area contributed by atoms with E-state index in [2.05, 4.69) is 40.6 Å². The van der Waals surface area contributed by atoms with E-state index in [1.165, 1.54) is 12.6 Å². The summed E-state index contributed by atoms with van der Waals surface area (Å²) in [5.74, 6) is 0.123. The molecule has 1 fully saturated rings. The van der Waals surface area contributed by atoms with Gasteiger partial charge in [-0.25, -0.2) is 0 Å². The Morgan fingerprint density at radius 1 is 0.923 bits per heavy atom. The maximum absolute atomic E-state index is 13.0. The van der Waals surface area contributed by atoms with Gasteiger partial charge in [-0.05, 0) is 68.1 Å². The van der Waals surface area contributed by atoms with Crippen molar-refractivity contribution >= 4 is 17.6 Å². The van der Waals surface area contributed by atoms with Gasteiger partial charge in [0.25, 0.3) is 5.91 Å². The standard InChI is InChI=1S/C30H35N3O4.CH5N/c1-36-27-10-6-5-9-26(27)29(35)32-20-30(23-7-3-2-4-8-23)17-15-25(16-18-30)33-24-13-11-22(12-14-24)19-28(34)37-21-31;1-2/h2-14,25,33H,15-21,31H2,1H3,(H,32,35);2H2,1H3. The van der Waals surface area contributed by atoms with E-state index in [9.17, 15) is 9.59 Å². The van der Waals surface area contributed by atoms with Crippen LogP contribution in [0, 0.1) is 0 Å². The van der Waals surface area contributed by atoms with Crippen LogP contribution in [-0.2, 0) is 21.4 Å². The van der Waals surface area contributed by atoms with Crippen LogP contribution in [0.2, 0.25) is 0 Å². The summed E-state index contributed by atoms with van der Waals surface area (Å²) in [6, 6.07) is 26.0. The van der Waals surface area contributed by atoms with E-state index in [0.717, 1.165) is 36.9 Å². The van der Waals surface area contributed by atoms with Gasteiger partial charge in [0.15, 0.2) is 0 Å². The van der Waals surface area contributed by atoms with Crippen LogP contribution in [0.4, 0.5) is 5.69 Å². The molecule has 0 heterocycles. The van der Waals surface area contributed by atoms with Gasteiger partial charge in [-0.2, -0.15) is 0 Å². The Balaban J connectivity index is 0.00000205. The minimum Gasteiger partial charge on any atom is -0.496 e. The molecule has 3 aromatic rings. The highest BCUT2D eigenvalue weighted by Crippen LogP contribution is 2.40. The molecule has 8 heteroatoms. The first-order valence-electron chi connectivity index (χ1n) is 13.3. The van der Waals surface area contributed by atoms with E-state index < -0.39 is 0 Å². The SMILES string of the molecule is CN.COc1ccccc1C(=O)NCC1(c2ccccc2)CCC(Nc2ccc(CC(=O)OCN)cc2)CC1. The topological polar surface area (TPSA) is 129 Å². The van der Waals surface area contributed by atoms with Crippen molar-refractivity contribution in [3.8, 4) is 5.75 Å². The molecule has 1 saturated carbocycles. The van der Waals surface area contributed by atoms with Crippen LogP contribution in [0.5, 0.6) is 5.75 Å². The number of nitrogens with two attached hydrogens (primary N) is 2. The summed E-state index contributed by atoms with van der Waals surface area (Å²) >= 11 is 0. The fourth-order valence-corrected chi connectivity index (χ4v) is 5.12. The quantitative estimate of drug-likeness (QED) is 0.230. The summed E-state index contributed by atoms with van der Waals surface area (Å²) in [7, 11) is 3.08. The molecule has 1 aliphatic carbocycles. The lowest BCUT2D eigenvalue weighted by molar-refractivity contribution is -0.142. The Bertz CT molecular complexity index is 1180. The van der Waals surface area contributed by atoms with Crippen LogP contribution in [0.25, 0.3) is 0 Å². The summed E-state index contributed by atoms with van der Waals surface area (Å²) in [4.78, 5) is 24.7. The van der Waals surface area contributed by atoms with E-state index in [1.54, 1.807) is 19.2 Å². The lowest BCUT2D eigenvalue weighted by Gasteiger charge is -2.41. The molecule has 1 aliphatic rings. The zero-order chi connectivity index (χ0) is 28.1. The van der Waals surface area contributed by atoms with Gasteiger partial charge in [0.1, 0.15) is 12.5 Å². The number of hydrogen-bond donors (Lipinski definition) is 4. The van der Waals surface area contributed by atoms with Crippen molar-refractivity contribution in [2.24, 2.45) is 11.5 Å². The molecule has 0 atom stereocenters. The van der Waals surface area contributed by atoms with Crippen LogP contribution in [-0.4, -0.2) is 45.4 Å². The number of amides is 1. The van der Waals surface area contributed by atoms with Crippen molar-refractivity contribution < 1.29 is 19.1 Å². The Labute approximate surface area is 231 Å². The molecule has 208 valence electrons. The molecular weight excluding hydrogens is 492 g/mol. The van der Waals surface area contributed by atoms with Gasteiger partial charge < -0.3 is 25.8 Å². The van der Waals surface area contributed by atoms with Gasteiger partial charge in [-0.15, -0.1) is 0 Å². The highest BCUT2D eigenvalue weighted by molar-refractivity contribution is 5.97. The molecule has 3 aromatic carbocycles. The number of rotatable bonds is 10.